The first kappa shape index (κ1) is 19.8. The number of nitrogens with zero attached hydrogens (tertiary/aromatic N) is 2. The van der Waals surface area contributed by atoms with Gasteiger partial charge in [-0.2, -0.15) is 0 Å². The van der Waals surface area contributed by atoms with Crippen LogP contribution < -0.4 is 15.5 Å². The Morgan fingerprint density at radius 1 is 1.14 bits per heavy atom. The van der Waals surface area contributed by atoms with E-state index in [0.717, 1.165) is 42.7 Å². The molecule has 146 valence electrons. The number of aryl methyl sites for hydroxylation is 2. The minimum absolute atomic E-state index is 0.0665. The van der Waals surface area contributed by atoms with E-state index in [-0.39, 0.29) is 16.4 Å². The number of nitro benzene ring substituents is 1. The molecule has 0 atom stereocenters. The first-order valence-electron chi connectivity index (χ1n) is 9.09. The number of nitro groups is 1. The van der Waals surface area contributed by atoms with Gasteiger partial charge in [0.1, 0.15) is 5.69 Å². The van der Waals surface area contributed by atoms with Gasteiger partial charge >= 0.3 is 0 Å². The normalized spacial score (nSPS) is 13.3. The number of nitrogens with one attached hydrogen (secondary N) is 2. The molecule has 0 saturated carbocycles. The van der Waals surface area contributed by atoms with Crippen molar-refractivity contribution in [1.29, 1.82) is 0 Å². The molecule has 1 aliphatic heterocycles. The van der Waals surface area contributed by atoms with E-state index in [4.69, 9.17) is 12.2 Å². The molecule has 2 aromatic carbocycles. The second kappa shape index (κ2) is 8.35. The molecule has 0 spiro atoms. The summed E-state index contributed by atoms with van der Waals surface area (Å²) in [7, 11) is 0. The van der Waals surface area contributed by atoms with E-state index < -0.39 is 10.8 Å². The van der Waals surface area contributed by atoms with Crippen LogP contribution in [0.1, 0.15) is 34.3 Å². The fraction of sp³-hybridized carbons (Fsp3) is 0.300. The Morgan fingerprint density at radius 2 is 1.79 bits per heavy atom. The molecule has 0 aromatic heterocycles. The van der Waals surface area contributed by atoms with Crippen molar-refractivity contribution in [3.8, 4) is 0 Å². The largest absolute Gasteiger partial charge is 0.366 e. The molecule has 0 bridgehead atoms. The quantitative estimate of drug-likeness (QED) is 0.461. The third-order valence-corrected chi connectivity index (χ3v) is 5.03. The van der Waals surface area contributed by atoms with E-state index in [1.807, 2.05) is 36.9 Å². The smallest absolute Gasteiger partial charge is 0.293 e. The van der Waals surface area contributed by atoms with Crippen LogP contribution in [0.25, 0.3) is 0 Å². The molecule has 2 N–H and O–H groups in total. The predicted molar refractivity (Wildman–Crippen MR) is 114 cm³/mol. The van der Waals surface area contributed by atoms with Gasteiger partial charge in [-0.3, -0.25) is 20.2 Å². The number of carbonyl (C=O) groups excluding carboxylic acids is 1. The Kier molecular flexibility index (Phi) is 5.89. The minimum Gasteiger partial charge on any atom is -0.366 e. The van der Waals surface area contributed by atoms with Crippen molar-refractivity contribution >= 4 is 40.3 Å². The molecule has 7 nitrogen and oxygen atoms in total. The number of para-hydroxylation sites is 1. The maximum Gasteiger partial charge on any atom is 0.293 e. The number of rotatable bonds is 4. The summed E-state index contributed by atoms with van der Waals surface area (Å²) in [4.78, 5) is 25.6. The van der Waals surface area contributed by atoms with Crippen LogP contribution in [-0.2, 0) is 0 Å². The van der Waals surface area contributed by atoms with Gasteiger partial charge in [0.05, 0.1) is 4.92 Å². The highest BCUT2D eigenvalue weighted by molar-refractivity contribution is 7.80. The highest BCUT2D eigenvalue weighted by Crippen LogP contribution is 2.31. The van der Waals surface area contributed by atoms with Crippen LogP contribution in [0, 0.1) is 24.0 Å². The lowest BCUT2D eigenvalue weighted by Crippen LogP contribution is -2.34. The number of hydrogen-bond acceptors (Lipinski definition) is 5. The van der Waals surface area contributed by atoms with E-state index in [1.54, 1.807) is 12.1 Å². The molecule has 1 fully saturated rings. The van der Waals surface area contributed by atoms with Gasteiger partial charge in [-0.15, -0.1) is 0 Å². The number of benzene rings is 2. The lowest BCUT2D eigenvalue weighted by molar-refractivity contribution is -0.384. The number of hydrogen-bond donors (Lipinski definition) is 2. The Morgan fingerprint density at radius 3 is 2.39 bits per heavy atom. The van der Waals surface area contributed by atoms with Crippen molar-refractivity contribution in [3.05, 3.63) is 63.2 Å². The Hall–Kier alpha value is -3.00. The summed E-state index contributed by atoms with van der Waals surface area (Å²) in [6, 6.07) is 10.4. The van der Waals surface area contributed by atoms with Crippen LogP contribution in [0.2, 0.25) is 0 Å². The van der Waals surface area contributed by atoms with Crippen molar-refractivity contribution in [3.63, 3.8) is 0 Å². The van der Waals surface area contributed by atoms with Crippen LogP contribution in [0.5, 0.6) is 0 Å². The summed E-state index contributed by atoms with van der Waals surface area (Å²) in [5, 5.41) is 17.3. The van der Waals surface area contributed by atoms with Crippen LogP contribution in [0.4, 0.5) is 17.1 Å². The Bertz CT molecular complexity index is 919. The van der Waals surface area contributed by atoms with Gasteiger partial charge < -0.3 is 10.2 Å². The molecule has 0 aliphatic carbocycles. The predicted octanol–water partition coefficient (Wildman–Crippen LogP) is 3.94. The van der Waals surface area contributed by atoms with Gasteiger partial charge in [0.15, 0.2) is 5.11 Å². The average molecular weight is 398 g/mol. The zero-order valence-electron chi connectivity index (χ0n) is 15.8. The first-order valence-corrected chi connectivity index (χ1v) is 9.49. The average Bonchev–Trinajstić information content (AvgIpc) is 3.19. The topological polar surface area (TPSA) is 87.5 Å². The summed E-state index contributed by atoms with van der Waals surface area (Å²) >= 11 is 5.24. The van der Waals surface area contributed by atoms with Gasteiger partial charge in [0.2, 0.25) is 0 Å². The van der Waals surface area contributed by atoms with Crippen molar-refractivity contribution in [2.24, 2.45) is 0 Å². The zero-order chi connectivity index (χ0) is 20.3. The van der Waals surface area contributed by atoms with Crippen LogP contribution in [-0.4, -0.2) is 29.0 Å². The second-order valence-electron chi connectivity index (χ2n) is 6.83. The van der Waals surface area contributed by atoms with E-state index in [0.29, 0.717) is 5.69 Å². The fourth-order valence-corrected chi connectivity index (χ4v) is 3.56. The highest BCUT2D eigenvalue weighted by atomic mass is 32.1. The molecule has 1 aliphatic rings. The highest BCUT2D eigenvalue weighted by Gasteiger charge is 2.24. The Labute approximate surface area is 168 Å². The third kappa shape index (κ3) is 4.28. The van der Waals surface area contributed by atoms with Crippen LogP contribution >= 0.6 is 12.2 Å². The monoisotopic (exact) mass is 398 g/mol. The maximum atomic E-state index is 12.5. The second-order valence-corrected chi connectivity index (χ2v) is 7.24. The van der Waals surface area contributed by atoms with E-state index in [2.05, 4.69) is 10.6 Å². The molecule has 3 rings (SSSR count). The summed E-state index contributed by atoms with van der Waals surface area (Å²) in [6.07, 6.45) is 2.02. The lowest BCUT2D eigenvalue weighted by atomic mass is 10.1. The van der Waals surface area contributed by atoms with E-state index in [9.17, 15) is 14.9 Å². The number of carbonyl (C=O) groups is 1. The van der Waals surface area contributed by atoms with Gasteiger partial charge in [0.25, 0.3) is 11.6 Å². The van der Waals surface area contributed by atoms with Crippen molar-refractivity contribution in [1.82, 2.24) is 5.32 Å². The SMILES string of the molecule is Cc1cccc(C)c1NC(=S)NC(=O)c1ccc(N2CCCC2)c([N+](=O)[O-])c1. The molecule has 1 amide bonds. The van der Waals surface area contributed by atoms with Crippen LogP contribution in [0.3, 0.4) is 0 Å². The van der Waals surface area contributed by atoms with Gasteiger partial charge in [-0.05, 0) is 62.2 Å². The first-order chi connectivity index (χ1) is 13.4. The summed E-state index contributed by atoms with van der Waals surface area (Å²) in [6.45, 7) is 5.47. The molecular formula is C20H22N4O3S. The van der Waals surface area contributed by atoms with Crippen LogP contribution in [0.15, 0.2) is 36.4 Å². The number of thiocarbonyl (C=S) groups is 1. The summed E-state index contributed by atoms with van der Waals surface area (Å²) in [5.74, 6) is -0.486. The minimum atomic E-state index is -0.486. The lowest BCUT2D eigenvalue weighted by Gasteiger charge is -2.18. The van der Waals surface area contributed by atoms with Crippen molar-refractivity contribution in [2.45, 2.75) is 26.7 Å². The molecule has 0 radical (unpaired) electrons. The van der Waals surface area contributed by atoms with Crippen molar-refractivity contribution in [2.75, 3.05) is 23.3 Å². The molecule has 1 saturated heterocycles. The van der Waals surface area contributed by atoms with Gasteiger partial charge in [-0.25, -0.2) is 0 Å². The van der Waals surface area contributed by atoms with Gasteiger partial charge in [-0.1, -0.05) is 18.2 Å². The fourth-order valence-electron chi connectivity index (χ4n) is 3.37. The molecule has 28 heavy (non-hydrogen) atoms. The maximum absolute atomic E-state index is 12.5. The Balaban J connectivity index is 1.76. The van der Waals surface area contributed by atoms with E-state index >= 15 is 0 Å². The standard InChI is InChI=1S/C20H22N4O3S/c1-13-6-5-7-14(2)18(13)21-20(28)22-19(25)15-8-9-16(17(12-15)24(26)27)23-10-3-4-11-23/h5-9,12H,3-4,10-11H2,1-2H3,(H2,21,22,25,28). The summed E-state index contributed by atoms with van der Waals surface area (Å²) in [5.41, 5.74) is 3.52. The molecule has 1 heterocycles. The summed E-state index contributed by atoms with van der Waals surface area (Å²) < 4.78 is 0. The van der Waals surface area contributed by atoms with E-state index in [1.165, 1.54) is 6.07 Å². The molecule has 8 heteroatoms. The third-order valence-electron chi connectivity index (χ3n) is 4.83. The molecule has 0 unspecified atom stereocenters. The number of anilines is 2. The molecule has 2 aromatic rings. The number of amides is 1. The van der Waals surface area contributed by atoms with Gasteiger partial charge in [0, 0.05) is 30.4 Å². The zero-order valence-corrected chi connectivity index (χ0v) is 16.6. The van der Waals surface area contributed by atoms with Crippen molar-refractivity contribution < 1.29 is 9.72 Å². The molecular weight excluding hydrogens is 376 g/mol.